The van der Waals surface area contributed by atoms with Gasteiger partial charge in [0.25, 0.3) is 0 Å². The van der Waals surface area contributed by atoms with Gasteiger partial charge >= 0.3 is 0 Å². The van der Waals surface area contributed by atoms with E-state index in [1.165, 1.54) is 32.1 Å². The summed E-state index contributed by atoms with van der Waals surface area (Å²) < 4.78 is 5.83. The molecule has 0 unspecified atom stereocenters. The van der Waals surface area contributed by atoms with Crippen molar-refractivity contribution in [1.29, 1.82) is 0 Å². The van der Waals surface area contributed by atoms with Gasteiger partial charge in [-0.25, -0.2) is 0 Å². The van der Waals surface area contributed by atoms with Crippen LogP contribution < -0.4 is 0 Å². The molecule has 0 saturated heterocycles. The van der Waals surface area contributed by atoms with E-state index in [2.05, 4.69) is 46.4 Å². The standard InChI is InChI=1S/C26H42O3/c1-17(2)29-14-12-18(3)23-10-11-24-20(7-6-13-26(23,24)5)8-9-21-15-22(27)16-25(28)19(21)4/h8-9,17-18,22-25,27-28H,4,6-7,10-16H2,1-3,5H3/b20-8+,21-9-/t18-,22-,23-,24+,25+,26-/m1/s1. The minimum Gasteiger partial charge on any atom is -0.393 e. The molecule has 3 aliphatic carbocycles. The SMILES string of the molecule is C=C1/C(=C\C=C2/CCC[C@]3(C)[C@@H]([C@H](C)CCOC(C)C)CC[C@@H]23)C[C@@H](O)C[C@@H]1O. The minimum absolute atomic E-state index is 0.318. The summed E-state index contributed by atoms with van der Waals surface area (Å²) in [6, 6.07) is 0. The molecule has 0 aromatic carbocycles. The highest BCUT2D eigenvalue weighted by molar-refractivity contribution is 5.38. The van der Waals surface area contributed by atoms with Gasteiger partial charge in [0.15, 0.2) is 0 Å². The normalized spacial score (nSPS) is 39.3. The lowest BCUT2D eigenvalue weighted by molar-refractivity contribution is 0.0437. The van der Waals surface area contributed by atoms with Crippen LogP contribution in [0.1, 0.15) is 79.1 Å². The van der Waals surface area contributed by atoms with Crippen LogP contribution in [0.4, 0.5) is 0 Å². The molecule has 2 N–H and O–H groups in total. The summed E-state index contributed by atoms with van der Waals surface area (Å²) in [5.41, 5.74) is 3.77. The number of hydrogen-bond donors (Lipinski definition) is 2. The van der Waals surface area contributed by atoms with Crippen LogP contribution in [0, 0.1) is 23.2 Å². The molecule has 3 rings (SSSR count). The van der Waals surface area contributed by atoms with Crippen LogP contribution in [0.15, 0.2) is 35.5 Å². The molecular weight excluding hydrogens is 360 g/mol. The smallest absolute Gasteiger partial charge is 0.0811 e. The van der Waals surface area contributed by atoms with Crippen LogP contribution in [-0.2, 0) is 4.74 Å². The van der Waals surface area contributed by atoms with Crippen LogP contribution in [0.25, 0.3) is 0 Å². The van der Waals surface area contributed by atoms with Crippen LogP contribution in [0.3, 0.4) is 0 Å². The molecule has 0 spiro atoms. The molecule has 0 aromatic heterocycles. The first kappa shape index (κ1) is 22.8. The van der Waals surface area contributed by atoms with E-state index in [-0.39, 0.29) is 0 Å². The van der Waals surface area contributed by atoms with Crippen molar-refractivity contribution in [2.75, 3.05) is 6.61 Å². The number of allylic oxidation sites excluding steroid dienone is 3. The lowest BCUT2D eigenvalue weighted by atomic mass is 9.61. The minimum atomic E-state index is -0.607. The van der Waals surface area contributed by atoms with Gasteiger partial charge in [-0.15, -0.1) is 0 Å². The topological polar surface area (TPSA) is 49.7 Å². The Morgan fingerprint density at radius 3 is 2.69 bits per heavy atom. The van der Waals surface area contributed by atoms with E-state index in [0.717, 1.165) is 30.1 Å². The number of aliphatic hydroxyl groups excluding tert-OH is 2. The fourth-order valence-corrected chi connectivity index (χ4v) is 6.37. The molecule has 0 aliphatic heterocycles. The van der Waals surface area contributed by atoms with Gasteiger partial charge in [-0.2, -0.15) is 0 Å². The summed E-state index contributed by atoms with van der Waals surface area (Å²) in [7, 11) is 0. The second-order valence-electron chi connectivity index (χ2n) is 10.3. The predicted molar refractivity (Wildman–Crippen MR) is 120 cm³/mol. The molecule has 164 valence electrons. The number of fused-ring (bicyclic) bond motifs is 1. The van der Waals surface area contributed by atoms with Gasteiger partial charge in [0.05, 0.1) is 18.3 Å². The summed E-state index contributed by atoms with van der Waals surface area (Å²) in [5, 5.41) is 20.1. The zero-order valence-corrected chi connectivity index (χ0v) is 19.0. The van der Waals surface area contributed by atoms with Crippen LogP contribution >= 0.6 is 0 Å². The second-order valence-corrected chi connectivity index (χ2v) is 10.3. The summed E-state index contributed by atoms with van der Waals surface area (Å²) in [6.07, 6.45) is 12.3. The molecule has 0 amide bonds. The number of ether oxygens (including phenoxy) is 1. The molecule has 6 atom stereocenters. The molecule has 3 nitrogen and oxygen atoms in total. The maximum Gasteiger partial charge on any atom is 0.0811 e. The Kier molecular flexibility index (Phi) is 7.46. The van der Waals surface area contributed by atoms with Gasteiger partial charge in [-0.05, 0) is 93.1 Å². The highest BCUT2D eigenvalue weighted by Crippen LogP contribution is 2.59. The molecule has 3 fully saturated rings. The van der Waals surface area contributed by atoms with Crippen molar-refractivity contribution in [3.63, 3.8) is 0 Å². The molecular formula is C26H42O3. The van der Waals surface area contributed by atoms with E-state index in [4.69, 9.17) is 4.74 Å². The Morgan fingerprint density at radius 2 is 1.97 bits per heavy atom. The first-order valence-electron chi connectivity index (χ1n) is 11.8. The summed E-state index contributed by atoms with van der Waals surface area (Å²) in [5.74, 6) is 2.14. The molecule has 3 aliphatic rings. The number of aliphatic hydroxyl groups is 2. The maximum atomic E-state index is 10.1. The number of rotatable bonds is 6. The van der Waals surface area contributed by atoms with Crippen molar-refractivity contribution in [2.45, 2.75) is 97.4 Å². The molecule has 3 heteroatoms. The quantitative estimate of drug-likeness (QED) is 0.610. The fraction of sp³-hybridized carbons (Fsp3) is 0.769. The van der Waals surface area contributed by atoms with E-state index in [0.29, 0.717) is 36.2 Å². The predicted octanol–water partition coefficient (Wildman–Crippen LogP) is 5.58. The average Bonchev–Trinajstić information content (AvgIpc) is 3.00. The Morgan fingerprint density at radius 1 is 1.21 bits per heavy atom. The van der Waals surface area contributed by atoms with Gasteiger partial charge in [-0.3, -0.25) is 0 Å². The first-order chi connectivity index (χ1) is 13.7. The summed E-state index contributed by atoms with van der Waals surface area (Å²) in [6.45, 7) is 14.1. The second kappa shape index (κ2) is 9.49. The van der Waals surface area contributed by atoms with Gasteiger partial charge in [0.1, 0.15) is 0 Å². The van der Waals surface area contributed by atoms with Gasteiger partial charge in [0, 0.05) is 13.0 Å². The summed E-state index contributed by atoms with van der Waals surface area (Å²) in [4.78, 5) is 0. The third kappa shape index (κ3) is 5.06. The molecule has 0 heterocycles. The van der Waals surface area contributed by atoms with Crippen molar-refractivity contribution in [3.05, 3.63) is 35.5 Å². The average molecular weight is 403 g/mol. The number of hydrogen-bond acceptors (Lipinski definition) is 3. The highest BCUT2D eigenvalue weighted by Gasteiger charge is 2.50. The van der Waals surface area contributed by atoms with Gasteiger partial charge in [0.2, 0.25) is 0 Å². The van der Waals surface area contributed by atoms with E-state index in [9.17, 15) is 10.2 Å². The van der Waals surface area contributed by atoms with E-state index < -0.39 is 12.2 Å². The lowest BCUT2D eigenvalue weighted by Crippen LogP contribution is -2.36. The largest absolute Gasteiger partial charge is 0.393 e. The van der Waals surface area contributed by atoms with Gasteiger partial charge < -0.3 is 14.9 Å². The molecule has 0 radical (unpaired) electrons. The van der Waals surface area contributed by atoms with Crippen molar-refractivity contribution in [2.24, 2.45) is 23.2 Å². The van der Waals surface area contributed by atoms with E-state index in [1.807, 2.05) is 0 Å². The summed E-state index contributed by atoms with van der Waals surface area (Å²) >= 11 is 0. The van der Waals surface area contributed by atoms with Gasteiger partial charge in [-0.1, -0.05) is 38.2 Å². The molecule has 0 aromatic rings. The van der Waals surface area contributed by atoms with E-state index in [1.54, 1.807) is 5.57 Å². The highest BCUT2D eigenvalue weighted by atomic mass is 16.5. The van der Waals surface area contributed by atoms with Crippen molar-refractivity contribution >= 4 is 0 Å². The zero-order valence-electron chi connectivity index (χ0n) is 19.0. The van der Waals surface area contributed by atoms with Crippen molar-refractivity contribution in [3.8, 4) is 0 Å². The third-order valence-corrected chi connectivity index (χ3v) is 8.01. The Hall–Kier alpha value is -0.900. The van der Waals surface area contributed by atoms with Crippen LogP contribution in [-0.4, -0.2) is 35.1 Å². The third-order valence-electron chi connectivity index (χ3n) is 8.01. The Bertz CT molecular complexity index is 646. The van der Waals surface area contributed by atoms with E-state index >= 15 is 0 Å². The Labute approximate surface area is 177 Å². The Balaban J connectivity index is 1.71. The van der Waals surface area contributed by atoms with Crippen molar-refractivity contribution < 1.29 is 14.9 Å². The zero-order chi connectivity index (χ0) is 21.2. The molecule has 0 bridgehead atoms. The monoisotopic (exact) mass is 402 g/mol. The fourth-order valence-electron chi connectivity index (χ4n) is 6.37. The lowest BCUT2D eigenvalue weighted by Gasteiger charge is -2.44. The van der Waals surface area contributed by atoms with Crippen LogP contribution in [0.5, 0.6) is 0 Å². The maximum absolute atomic E-state index is 10.1. The van der Waals surface area contributed by atoms with Crippen molar-refractivity contribution in [1.82, 2.24) is 0 Å². The molecule has 3 saturated carbocycles. The van der Waals surface area contributed by atoms with Crippen LogP contribution in [0.2, 0.25) is 0 Å². The molecule has 29 heavy (non-hydrogen) atoms. The first-order valence-corrected chi connectivity index (χ1v) is 11.8.